The summed E-state index contributed by atoms with van der Waals surface area (Å²) in [6.45, 7) is 1.84. The van der Waals surface area contributed by atoms with Gasteiger partial charge in [-0.25, -0.2) is 4.39 Å². The van der Waals surface area contributed by atoms with Crippen LogP contribution in [0, 0.1) is 5.82 Å². The molecule has 0 aliphatic heterocycles. The molecular weight excluding hydrogens is 169 g/mol. The largest absolute Gasteiger partial charge is 0.461 e. The van der Waals surface area contributed by atoms with Crippen molar-refractivity contribution in [3.05, 3.63) is 35.8 Å². The van der Waals surface area contributed by atoms with Gasteiger partial charge in [-0.3, -0.25) is 0 Å². The van der Waals surface area contributed by atoms with Crippen LogP contribution in [0.1, 0.15) is 18.5 Å². The van der Waals surface area contributed by atoms with E-state index in [1.54, 1.807) is 12.1 Å². The van der Waals surface area contributed by atoms with Crippen LogP contribution in [0.4, 0.5) is 4.39 Å². The zero-order valence-corrected chi connectivity index (χ0v) is 7.25. The normalized spacial score (nSPS) is 13.5. The summed E-state index contributed by atoms with van der Waals surface area (Å²) < 4.78 is 18.1. The Labute approximate surface area is 75.1 Å². The fourth-order valence-electron chi connectivity index (χ4n) is 1.41. The minimum Gasteiger partial charge on any atom is -0.461 e. The predicted molar refractivity (Wildman–Crippen MR) is 48.8 cm³/mol. The molecule has 0 fully saturated rings. The highest BCUT2D eigenvalue weighted by atomic mass is 19.1. The fraction of sp³-hybridized carbons (Fsp3) is 0.200. The molecule has 1 aromatic carbocycles. The lowest BCUT2D eigenvalue weighted by Gasteiger charge is -2.04. The molecule has 2 rings (SSSR count). The van der Waals surface area contributed by atoms with Crippen LogP contribution in [0.25, 0.3) is 11.0 Å². The number of nitrogens with two attached hydrogens (primary N) is 1. The Kier molecular flexibility index (Phi) is 1.81. The fourth-order valence-corrected chi connectivity index (χ4v) is 1.41. The molecule has 0 radical (unpaired) electrons. The molecule has 0 saturated heterocycles. The highest BCUT2D eigenvalue weighted by molar-refractivity contribution is 5.81. The van der Waals surface area contributed by atoms with Crippen molar-refractivity contribution in [3.8, 4) is 0 Å². The quantitative estimate of drug-likeness (QED) is 0.730. The molecule has 0 saturated carbocycles. The van der Waals surface area contributed by atoms with E-state index in [0.717, 1.165) is 11.8 Å². The van der Waals surface area contributed by atoms with Gasteiger partial charge < -0.3 is 10.2 Å². The Hall–Kier alpha value is -1.35. The number of halogens is 1. The first kappa shape index (κ1) is 8.26. The maximum absolute atomic E-state index is 13.1. The van der Waals surface area contributed by atoms with Gasteiger partial charge in [0.05, 0.1) is 5.39 Å². The first-order valence-electron chi connectivity index (χ1n) is 4.11. The maximum atomic E-state index is 13.1. The number of furan rings is 1. The van der Waals surface area contributed by atoms with Gasteiger partial charge in [0.2, 0.25) is 0 Å². The number of rotatable bonds is 1. The summed E-state index contributed by atoms with van der Waals surface area (Å²) in [7, 11) is 0. The lowest BCUT2D eigenvalue weighted by atomic mass is 10.1. The van der Waals surface area contributed by atoms with Crippen LogP contribution in [0.3, 0.4) is 0 Å². The molecule has 3 heteroatoms. The lowest BCUT2D eigenvalue weighted by Crippen LogP contribution is -2.04. The van der Waals surface area contributed by atoms with Crippen LogP contribution in [0.2, 0.25) is 0 Å². The first-order chi connectivity index (χ1) is 6.20. The zero-order chi connectivity index (χ0) is 9.42. The first-order valence-corrected chi connectivity index (χ1v) is 4.11. The molecule has 1 aromatic heterocycles. The Morgan fingerprint density at radius 2 is 2.23 bits per heavy atom. The number of hydrogen-bond donors (Lipinski definition) is 1. The zero-order valence-electron chi connectivity index (χ0n) is 7.25. The second kappa shape index (κ2) is 2.85. The standard InChI is InChI=1S/C10H10FNO/c1-6(12)7-3-2-4-8-9(11)5-13-10(7)8/h2-6H,12H2,1H3. The topological polar surface area (TPSA) is 39.2 Å². The van der Waals surface area contributed by atoms with E-state index in [-0.39, 0.29) is 11.9 Å². The van der Waals surface area contributed by atoms with E-state index in [0.29, 0.717) is 11.0 Å². The van der Waals surface area contributed by atoms with Gasteiger partial charge >= 0.3 is 0 Å². The summed E-state index contributed by atoms with van der Waals surface area (Å²) in [5.74, 6) is -0.336. The Balaban J connectivity index is 2.77. The minimum absolute atomic E-state index is 0.144. The van der Waals surface area contributed by atoms with E-state index < -0.39 is 0 Å². The van der Waals surface area contributed by atoms with Crippen LogP contribution in [-0.2, 0) is 0 Å². The number of benzene rings is 1. The highest BCUT2D eigenvalue weighted by Gasteiger charge is 2.11. The Bertz CT molecular complexity index is 433. The van der Waals surface area contributed by atoms with Gasteiger partial charge in [-0.2, -0.15) is 0 Å². The molecule has 13 heavy (non-hydrogen) atoms. The molecule has 2 aromatic rings. The van der Waals surface area contributed by atoms with Gasteiger partial charge in [-0.05, 0) is 13.0 Å². The summed E-state index contributed by atoms with van der Waals surface area (Å²) in [5, 5.41) is 0.495. The van der Waals surface area contributed by atoms with Crippen molar-refractivity contribution >= 4 is 11.0 Å². The molecular formula is C10H10FNO. The van der Waals surface area contributed by atoms with E-state index in [2.05, 4.69) is 0 Å². The third-order valence-electron chi connectivity index (χ3n) is 2.07. The van der Waals surface area contributed by atoms with Crippen molar-refractivity contribution in [3.63, 3.8) is 0 Å². The summed E-state index contributed by atoms with van der Waals surface area (Å²) in [4.78, 5) is 0. The second-order valence-electron chi connectivity index (χ2n) is 3.10. The van der Waals surface area contributed by atoms with Gasteiger partial charge in [0.1, 0.15) is 11.8 Å². The third-order valence-corrected chi connectivity index (χ3v) is 2.07. The van der Waals surface area contributed by atoms with Crippen LogP contribution in [0.5, 0.6) is 0 Å². The predicted octanol–water partition coefficient (Wildman–Crippen LogP) is 2.59. The Morgan fingerprint density at radius 1 is 1.46 bits per heavy atom. The average Bonchev–Trinajstić information content (AvgIpc) is 2.48. The summed E-state index contributed by atoms with van der Waals surface area (Å²) >= 11 is 0. The smallest absolute Gasteiger partial charge is 0.169 e. The number of para-hydroxylation sites is 1. The van der Waals surface area contributed by atoms with Crippen LogP contribution in [-0.4, -0.2) is 0 Å². The lowest BCUT2D eigenvalue weighted by molar-refractivity contribution is 0.554. The summed E-state index contributed by atoms with van der Waals surface area (Å²) in [6, 6.07) is 5.16. The second-order valence-corrected chi connectivity index (χ2v) is 3.10. The molecule has 0 bridgehead atoms. The molecule has 0 aliphatic rings. The molecule has 1 atom stereocenters. The van der Waals surface area contributed by atoms with Gasteiger partial charge in [-0.1, -0.05) is 12.1 Å². The average molecular weight is 179 g/mol. The molecule has 68 valence electrons. The van der Waals surface area contributed by atoms with Crippen molar-refractivity contribution in [1.82, 2.24) is 0 Å². The molecule has 0 amide bonds. The third kappa shape index (κ3) is 1.21. The summed E-state index contributed by atoms with van der Waals surface area (Å²) in [6.07, 6.45) is 1.11. The number of fused-ring (bicyclic) bond motifs is 1. The Morgan fingerprint density at radius 3 is 2.92 bits per heavy atom. The summed E-state index contributed by atoms with van der Waals surface area (Å²) in [5.41, 5.74) is 7.09. The van der Waals surface area contributed by atoms with Gasteiger partial charge in [0, 0.05) is 11.6 Å². The van der Waals surface area contributed by atoms with E-state index in [4.69, 9.17) is 10.2 Å². The van der Waals surface area contributed by atoms with Crippen molar-refractivity contribution in [2.45, 2.75) is 13.0 Å². The molecule has 2 nitrogen and oxygen atoms in total. The van der Waals surface area contributed by atoms with Crippen molar-refractivity contribution < 1.29 is 8.81 Å². The monoisotopic (exact) mass is 179 g/mol. The molecule has 2 N–H and O–H groups in total. The van der Waals surface area contributed by atoms with Crippen molar-refractivity contribution in [1.29, 1.82) is 0 Å². The van der Waals surface area contributed by atoms with E-state index >= 15 is 0 Å². The van der Waals surface area contributed by atoms with E-state index in [1.165, 1.54) is 0 Å². The van der Waals surface area contributed by atoms with E-state index in [9.17, 15) is 4.39 Å². The SMILES string of the molecule is CC(N)c1cccc2c(F)coc12. The molecule has 0 spiro atoms. The van der Waals surface area contributed by atoms with E-state index in [1.807, 2.05) is 13.0 Å². The maximum Gasteiger partial charge on any atom is 0.169 e. The van der Waals surface area contributed by atoms with Gasteiger partial charge in [0.25, 0.3) is 0 Å². The van der Waals surface area contributed by atoms with Gasteiger partial charge in [0.15, 0.2) is 5.82 Å². The molecule has 0 aliphatic carbocycles. The highest BCUT2D eigenvalue weighted by Crippen LogP contribution is 2.26. The van der Waals surface area contributed by atoms with Crippen LogP contribution >= 0.6 is 0 Å². The van der Waals surface area contributed by atoms with Crippen LogP contribution in [0.15, 0.2) is 28.9 Å². The van der Waals surface area contributed by atoms with Crippen molar-refractivity contribution in [2.75, 3.05) is 0 Å². The van der Waals surface area contributed by atoms with Crippen molar-refractivity contribution in [2.24, 2.45) is 5.73 Å². The number of hydrogen-bond acceptors (Lipinski definition) is 2. The molecule has 1 unspecified atom stereocenters. The molecule has 1 heterocycles. The van der Waals surface area contributed by atoms with Gasteiger partial charge in [-0.15, -0.1) is 0 Å². The minimum atomic E-state index is -0.336. The van der Waals surface area contributed by atoms with Crippen LogP contribution < -0.4 is 5.73 Å².